The summed E-state index contributed by atoms with van der Waals surface area (Å²) in [6.07, 6.45) is 0. The van der Waals surface area contributed by atoms with E-state index in [1.165, 1.54) is 0 Å². The first kappa shape index (κ1) is 15.7. The van der Waals surface area contributed by atoms with E-state index < -0.39 is 0 Å². The Balaban J connectivity index is 1.78. The van der Waals surface area contributed by atoms with Crippen molar-refractivity contribution in [3.63, 3.8) is 0 Å². The predicted octanol–water partition coefficient (Wildman–Crippen LogP) is 4.73. The molecular weight excluding hydrogens is 336 g/mol. The van der Waals surface area contributed by atoms with E-state index in [-0.39, 0.29) is 11.8 Å². The Morgan fingerprint density at radius 2 is 1.84 bits per heavy atom. The molecule has 0 saturated carbocycles. The van der Waals surface area contributed by atoms with E-state index in [1.54, 1.807) is 29.2 Å². The fourth-order valence-electron chi connectivity index (χ4n) is 3.26. The van der Waals surface area contributed by atoms with Gasteiger partial charge in [-0.25, -0.2) is 0 Å². The number of halogens is 1. The lowest BCUT2D eigenvalue weighted by Gasteiger charge is -2.15. The van der Waals surface area contributed by atoms with E-state index in [2.05, 4.69) is 5.32 Å². The van der Waals surface area contributed by atoms with E-state index in [1.807, 2.05) is 37.3 Å². The molecule has 0 spiro atoms. The van der Waals surface area contributed by atoms with E-state index in [0.29, 0.717) is 28.4 Å². The Kier molecular flexibility index (Phi) is 3.70. The lowest BCUT2D eigenvalue weighted by Crippen LogP contribution is -2.25. The highest BCUT2D eigenvalue weighted by atomic mass is 35.5. The van der Waals surface area contributed by atoms with Gasteiger partial charge >= 0.3 is 0 Å². The van der Waals surface area contributed by atoms with Crippen LogP contribution in [-0.4, -0.2) is 18.4 Å². The fraction of sp³-hybridized carbons (Fsp3) is 0.100. The topological polar surface area (TPSA) is 49.4 Å². The molecule has 5 heteroatoms. The maximum absolute atomic E-state index is 12.5. The molecule has 1 aliphatic heterocycles. The minimum absolute atomic E-state index is 0.00396. The maximum Gasteiger partial charge on any atom is 0.258 e. The predicted molar refractivity (Wildman–Crippen MR) is 101 cm³/mol. The van der Waals surface area contributed by atoms with Crippen LogP contribution in [0.25, 0.3) is 10.8 Å². The number of carbonyl (C=O) groups excluding carboxylic acids is 2. The fourth-order valence-corrected chi connectivity index (χ4v) is 3.39. The number of anilines is 2. The van der Waals surface area contributed by atoms with Gasteiger partial charge in [0.25, 0.3) is 11.8 Å². The molecule has 1 N–H and O–H groups in total. The number of nitrogens with zero attached hydrogens (tertiary/aromatic N) is 1. The molecule has 0 aromatic heterocycles. The number of hydrogen-bond donors (Lipinski definition) is 1. The van der Waals surface area contributed by atoms with Crippen molar-refractivity contribution in [2.45, 2.75) is 6.92 Å². The van der Waals surface area contributed by atoms with Gasteiger partial charge in [-0.05, 0) is 49.4 Å². The van der Waals surface area contributed by atoms with Crippen LogP contribution in [0.15, 0.2) is 54.6 Å². The third-order valence-corrected chi connectivity index (χ3v) is 4.71. The molecule has 0 bridgehead atoms. The average molecular weight is 351 g/mol. The Morgan fingerprint density at radius 3 is 2.56 bits per heavy atom. The summed E-state index contributed by atoms with van der Waals surface area (Å²) in [5, 5.41) is 5.28. The molecule has 124 valence electrons. The monoisotopic (exact) mass is 350 g/mol. The summed E-state index contributed by atoms with van der Waals surface area (Å²) >= 11 is 5.87. The third kappa shape index (κ3) is 2.46. The van der Waals surface area contributed by atoms with Crippen LogP contribution in [-0.2, 0) is 0 Å². The van der Waals surface area contributed by atoms with Crippen LogP contribution in [0.5, 0.6) is 0 Å². The molecule has 0 aliphatic carbocycles. The average Bonchev–Trinajstić information content (AvgIpc) is 2.91. The largest absolute Gasteiger partial charge is 0.321 e. The van der Waals surface area contributed by atoms with Gasteiger partial charge in [0.2, 0.25) is 0 Å². The van der Waals surface area contributed by atoms with Crippen LogP contribution in [0.1, 0.15) is 27.6 Å². The zero-order valence-electron chi connectivity index (χ0n) is 13.5. The maximum atomic E-state index is 12.5. The van der Waals surface area contributed by atoms with Crippen LogP contribution in [0, 0.1) is 0 Å². The van der Waals surface area contributed by atoms with Gasteiger partial charge in [-0.1, -0.05) is 23.7 Å². The van der Waals surface area contributed by atoms with Crippen molar-refractivity contribution in [1.29, 1.82) is 0 Å². The van der Waals surface area contributed by atoms with Gasteiger partial charge in [0.15, 0.2) is 0 Å². The Hall–Kier alpha value is -2.85. The molecule has 0 saturated heterocycles. The molecule has 3 aromatic carbocycles. The summed E-state index contributed by atoms with van der Waals surface area (Å²) in [4.78, 5) is 26.8. The summed E-state index contributed by atoms with van der Waals surface area (Å²) in [6, 6.07) is 16.1. The van der Waals surface area contributed by atoms with Crippen molar-refractivity contribution in [2.75, 3.05) is 16.8 Å². The molecule has 25 heavy (non-hydrogen) atoms. The lowest BCUT2D eigenvalue weighted by atomic mass is 10.0. The van der Waals surface area contributed by atoms with Crippen LogP contribution >= 0.6 is 11.6 Å². The lowest BCUT2D eigenvalue weighted by molar-refractivity contribution is 0.0992. The summed E-state index contributed by atoms with van der Waals surface area (Å²) in [7, 11) is 0. The summed E-state index contributed by atoms with van der Waals surface area (Å²) in [5.41, 5.74) is 2.78. The first-order valence-corrected chi connectivity index (χ1v) is 8.42. The van der Waals surface area contributed by atoms with Crippen molar-refractivity contribution in [3.8, 4) is 0 Å². The van der Waals surface area contributed by atoms with Crippen LogP contribution in [0.3, 0.4) is 0 Å². The van der Waals surface area contributed by atoms with E-state index in [9.17, 15) is 9.59 Å². The molecule has 4 rings (SSSR count). The quantitative estimate of drug-likeness (QED) is 0.742. The van der Waals surface area contributed by atoms with Crippen molar-refractivity contribution >= 4 is 45.6 Å². The Morgan fingerprint density at radius 1 is 1.08 bits per heavy atom. The number of rotatable bonds is 3. The minimum Gasteiger partial charge on any atom is -0.321 e. The van der Waals surface area contributed by atoms with Gasteiger partial charge in [-0.15, -0.1) is 0 Å². The zero-order chi connectivity index (χ0) is 17.6. The number of carbonyl (C=O) groups is 2. The highest BCUT2D eigenvalue weighted by Crippen LogP contribution is 2.40. The SMILES string of the molecule is CCN1C(=O)c2cccc3c(NC(=O)c4ccc(Cl)cc4)ccc1c23. The molecular formula is C20H15ClN2O2. The normalized spacial score (nSPS) is 12.7. The Bertz CT molecular complexity index is 1010. The number of benzene rings is 3. The molecule has 2 amide bonds. The van der Waals surface area contributed by atoms with Gasteiger partial charge in [0.1, 0.15) is 0 Å². The van der Waals surface area contributed by atoms with Gasteiger partial charge in [-0.2, -0.15) is 0 Å². The number of amides is 2. The smallest absolute Gasteiger partial charge is 0.258 e. The van der Waals surface area contributed by atoms with Crippen LogP contribution in [0.4, 0.5) is 11.4 Å². The summed E-state index contributed by atoms with van der Waals surface area (Å²) < 4.78 is 0. The zero-order valence-corrected chi connectivity index (χ0v) is 14.3. The molecule has 0 radical (unpaired) electrons. The second-order valence-electron chi connectivity index (χ2n) is 5.87. The van der Waals surface area contributed by atoms with Crippen molar-refractivity contribution in [2.24, 2.45) is 0 Å². The second kappa shape index (κ2) is 5.90. The van der Waals surface area contributed by atoms with Gasteiger partial charge in [-0.3, -0.25) is 9.59 Å². The van der Waals surface area contributed by atoms with Crippen molar-refractivity contribution in [1.82, 2.24) is 0 Å². The summed E-state index contributed by atoms with van der Waals surface area (Å²) in [5.74, 6) is -0.210. The second-order valence-corrected chi connectivity index (χ2v) is 6.31. The first-order valence-electron chi connectivity index (χ1n) is 8.04. The number of hydrogen-bond acceptors (Lipinski definition) is 2. The highest BCUT2D eigenvalue weighted by Gasteiger charge is 2.29. The Labute approximate surface area is 150 Å². The van der Waals surface area contributed by atoms with Gasteiger partial charge < -0.3 is 10.2 Å². The third-order valence-electron chi connectivity index (χ3n) is 4.46. The molecule has 3 aromatic rings. The molecule has 0 fully saturated rings. The summed E-state index contributed by atoms with van der Waals surface area (Å²) in [6.45, 7) is 2.56. The molecule has 0 atom stereocenters. The minimum atomic E-state index is -0.214. The number of nitrogens with one attached hydrogen (secondary N) is 1. The molecule has 0 unspecified atom stereocenters. The molecule has 1 aliphatic rings. The van der Waals surface area contributed by atoms with E-state index in [0.717, 1.165) is 16.5 Å². The van der Waals surface area contributed by atoms with E-state index >= 15 is 0 Å². The van der Waals surface area contributed by atoms with Gasteiger partial charge in [0, 0.05) is 39.2 Å². The first-order chi connectivity index (χ1) is 12.1. The van der Waals surface area contributed by atoms with Crippen molar-refractivity contribution < 1.29 is 9.59 Å². The van der Waals surface area contributed by atoms with Crippen LogP contribution in [0.2, 0.25) is 5.02 Å². The van der Waals surface area contributed by atoms with Gasteiger partial charge in [0.05, 0.1) is 5.69 Å². The standard InChI is InChI=1S/C20H15ClN2O2/c1-2-23-17-11-10-16(14-4-3-5-15(18(14)17)20(23)25)22-19(24)12-6-8-13(21)9-7-12/h3-11H,2H2,1H3,(H,22,24). The molecule has 4 nitrogen and oxygen atoms in total. The highest BCUT2D eigenvalue weighted by molar-refractivity contribution is 6.30. The molecule has 1 heterocycles. The van der Waals surface area contributed by atoms with E-state index in [4.69, 9.17) is 11.6 Å². The van der Waals surface area contributed by atoms with Crippen LogP contribution < -0.4 is 10.2 Å². The van der Waals surface area contributed by atoms with Crippen molar-refractivity contribution in [3.05, 3.63) is 70.7 Å².